The van der Waals surface area contributed by atoms with Crippen molar-refractivity contribution in [3.8, 4) is 0 Å². The van der Waals surface area contributed by atoms with E-state index in [0.29, 0.717) is 13.0 Å². The van der Waals surface area contributed by atoms with Crippen molar-refractivity contribution in [3.05, 3.63) is 0 Å². The highest BCUT2D eigenvalue weighted by Crippen LogP contribution is 2.06. The lowest BCUT2D eigenvalue weighted by molar-refractivity contribution is -0.127. The van der Waals surface area contributed by atoms with Crippen LogP contribution in [-0.2, 0) is 14.4 Å². The van der Waals surface area contributed by atoms with Crippen LogP contribution in [0.15, 0.2) is 4.99 Å². The van der Waals surface area contributed by atoms with Crippen molar-refractivity contribution in [2.75, 3.05) is 6.54 Å². The largest absolute Gasteiger partial charge is 0.313 e. The predicted molar refractivity (Wildman–Crippen MR) is 49.9 cm³/mol. The summed E-state index contributed by atoms with van der Waals surface area (Å²) in [6.07, 6.45) is 0.312. The molecule has 1 amide bonds. The minimum atomic E-state index is -0.903. The topological polar surface area (TPSA) is 75.6 Å². The lowest BCUT2D eigenvalue weighted by Gasteiger charge is -2.18. The van der Waals surface area contributed by atoms with Crippen LogP contribution in [0.5, 0.6) is 0 Å². The van der Waals surface area contributed by atoms with Crippen LogP contribution in [0.2, 0.25) is 0 Å². The SMILES string of the molecule is CC(=O)C(C(C)=O)C1=NCCC(=O)N1. The summed E-state index contributed by atoms with van der Waals surface area (Å²) in [4.78, 5) is 37.3. The highest BCUT2D eigenvalue weighted by Gasteiger charge is 2.28. The minimum Gasteiger partial charge on any atom is -0.313 e. The Morgan fingerprint density at radius 3 is 2.36 bits per heavy atom. The van der Waals surface area contributed by atoms with E-state index < -0.39 is 5.92 Å². The second kappa shape index (κ2) is 4.13. The molecule has 1 rings (SSSR count). The molecule has 0 spiro atoms. The number of amidine groups is 1. The molecule has 0 unspecified atom stereocenters. The van der Waals surface area contributed by atoms with Gasteiger partial charge in [0, 0.05) is 13.0 Å². The van der Waals surface area contributed by atoms with E-state index in [9.17, 15) is 14.4 Å². The molecule has 0 aliphatic carbocycles. The fraction of sp³-hybridized carbons (Fsp3) is 0.556. The lowest BCUT2D eigenvalue weighted by Crippen LogP contribution is -2.44. The third-order valence-corrected chi connectivity index (χ3v) is 1.97. The quantitative estimate of drug-likeness (QED) is 0.629. The second-order valence-corrected chi connectivity index (χ2v) is 3.22. The van der Waals surface area contributed by atoms with Crippen LogP contribution in [0.4, 0.5) is 0 Å². The average molecular weight is 196 g/mol. The standard InChI is InChI=1S/C9H12N2O3/c1-5(12)8(6(2)13)9-10-4-3-7(14)11-9/h8H,3-4H2,1-2H3,(H,10,11,14). The van der Waals surface area contributed by atoms with Crippen molar-refractivity contribution in [1.29, 1.82) is 0 Å². The van der Waals surface area contributed by atoms with Gasteiger partial charge in [-0.2, -0.15) is 0 Å². The molecule has 0 aromatic rings. The van der Waals surface area contributed by atoms with E-state index in [0.717, 1.165) is 0 Å². The smallest absolute Gasteiger partial charge is 0.227 e. The molecule has 1 aliphatic rings. The summed E-state index contributed by atoms with van der Waals surface area (Å²) < 4.78 is 0. The van der Waals surface area contributed by atoms with Gasteiger partial charge in [-0.3, -0.25) is 19.4 Å². The molecule has 0 aromatic carbocycles. The Morgan fingerprint density at radius 2 is 1.93 bits per heavy atom. The van der Waals surface area contributed by atoms with E-state index >= 15 is 0 Å². The Morgan fingerprint density at radius 1 is 1.36 bits per heavy atom. The maximum Gasteiger partial charge on any atom is 0.227 e. The number of aliphatic imine (C=N–C) groups is 1. The Hall–Kier alpha value is -1.52. The summed E-state index contributed by atoms with van der Waals surface area (Å²) in [5.41, 5.74) is 0. The lowest BCUT2D eigenvalue weighted by atomic mass is 9.98. The molecule has 0 fully saturated rings. The number of nitrogens with zero attached hydrogens (tertiary/aromatic N) is 1. The first-order valence-electron chi connectivity index (χ1n) is 4.37. The van der Waals surface area contributed by atoms with Crippen molar-refractivity contribution in [3.63, 3.8) is 0 Å². The number of nitrogens with one attached hydrogen (secondary N) is 1. The Kier molecular flexibility index (Phi) is 3.11. The molecule has 5 heteroatoms. The second-order valence-electron chi connectivity index (χ2n) is 3.22. The number of carbonyl (C=O) groups excluding carboxylic acids is 3. The van der Waals surface area contributed by atoms with Crippen LogP contribution in [0.25, 0.3) is 0 Å². The van der Waals surface area contributed by atoms with Crippen molar-refractivity contribution < 1.29 is 14.4 Å². The number of hydrogen-bond donors (Lipinski definition) is 1. The molecule has 0 saturated carbocycles. The van der Waals surface area contributed by atoms with E-state index in [-0.39, 0.29) is 23.3 Å². The summed E-state index contributed by atoms with van der Waals surface area (Å²) in [7, 11) is 0. The summed E-state index contributed by atoms with van der Waals surface area (Å²) >= 11 is 0. The number of ketones is 2. The van der Waals surface area contributed by atoms with Gasteiger partial charge in [0.2, 0.25) is 5.91 Å². The van der Waals surface area contributed by atoms with E-state index in [2.05, 4.69) is 10.3 Å². The molecule has 0 radical (unpaired) electrons. The summed E-state index contributed by atoms with van der Waals surface area (Å²) in [6.45, 7) is 2.98. The number of hydrogen-bond acceptors (Lipinski definition) is 4. The average Bonchev–Trinajstić information content (AvgIpc) is 2.02. The molecule has 1 heterocycles. The summed E-state index contributed by atoms with van der Waals surface area (Å²) in [5, 5.41) is 2.45. The van der Waals surface area contributed by atoms with Crippen molar-refractivity contribution >= 4 is 23.3 Å². The van der Waals surface area contributed by atoms with Gasteiger partial charge in [0.1, 0.15) is 23.3 Å². The number of carbonyl (C=O) groups is 3. The highest BCUT2D eigenvalue weighted by molar-refractivity contribution is 6.22. The number of Topliss-reactive ketones (excluding diaryl/α,β-unsaturated/α-hetero) is 2. The van der Waals surface area contributed by atoms with Crippen LogP contribution in [0.3, 0.4) is 0 Å². The fourth-order valence-electron chi connectivity index (χ4n) is 1.36. The molecule has 0 atom stereocenters. The Labute approximate surface area is 81.6 Å². The van der Waals surface area contributed by atoms with Gasteiger partial charge in [0.15, 0.2) is 0 Å². The number of rotatable bonds is 3. The summed E-state index contributed by atoms with van der Waals surface area (Å²) in [5.74, 6) is -1.49. The van der Waals surface area contributed by atoms with Gasteiger partial charge in [0.25, 0.3) is 0 Å². The van der Waals surface area contributed by atoms with Crippen LogP contribution >= 0.6 is 0 Å². The van der Waals surface area contributed by atoms with E-state index in [1.807, 2.05) is 0 Å². The zero-order chi connectivity index (χ0) is 10.7. The molecule has 0 aromatic heterocycles. The molecular formula is C9H12N2O3. The van der Waals surface area contributed by atoms with E-state index in [1.54, 1.807) is 0 Å². The van der Waals surface area contributed by atoms with E-state index in [4.69, 9.17) is 0 Å². The predicted octanol–water partition coefficient (Wildman–Crippen LogP) is -0.301. The molecule has 0 bridgehead atoms. The van der Waals surface area contributed by atoms with Crippen LogP contribution < -0.4 is 5.32 Å². The van der Waals surface area contributed by atoms with Crippen molar-refractivity contribution in [2.24, 2.45) is 10.9 Å². The van der Waals surface area contributed by atoms with Gasteiger partial charge >= 0.3 is 0 Å². The van der Waals surface area contributed by atoms with Gasteiger partial charge in [-0.05, 0) is 13.8 Å². The van der Waals surface area contributed by atoms with Crippen molar-refractivity contribution in [2.45, 2.75) is 20.3 Å². The first-order valence-corrected chi connectivity index (χ1v) is 4.37. The van der Waals surface area contributed by atoms with E-state index in [1.165, 1.54) is 13.8 Å². The van der Waals surface area contributed by atoms with Gasteiger partial charge < -0.3 is 5.32 Å². The first-order chi connectivity index (χ1) is 6.52. The molecule has 0 saturated heterocycles. The zero-order valence-corrected chi connectivity index (χ0v) is 8.16. The first kappa shape index (κ1) is 10.6. The molecule has 1 N–H and O–H groups in total. The van der Waals surface area contributed by atoms with Crippen LogP contribution in [0.1, 0.15) is 20.3 Å². The maximum atomic E-state index is 11.1. The molecular weight excluding hydrogens is 184 g/mol. The molecule has 14 heavy (non-hydrogen) atoms. The van der Waals surface area contributed by atoms with Crippen molar-refractivity contribution in [1.82, 2.24) is 5.32 Å². The third kappa shape index (κ3) is 2.25. The van der Waals surface area contributed by atoms with Gasteiger partial charge in [-0.25, -0.2) is 0 Å². The maximum absolute atomic E-state index is 11.1. The normalized spacial score (nSPS) is 16.2. The molecule has 76 valence electrons. The van der Waals surface area contributed by atoms with Gasteiger partial charge in [-0.1, -0.05) is 0 Å². The van der Waals surface area contributed by atoms with Crippen LogP contribution in [0, 0.1) is 5.92 Å². The van der Waals surface area contributed by atoms with Crippen LogP contribution in [-0.4, -0.2) is 29.9 Å². The monoisotopic (exact) mass is 196 g/mol. The zero-order valence-electron chi connectivity index (χ0n) is 8.16. The third-order valence-electron chi connectivity index (χ3n) is 1.97. The molecule has 5 nitrogen and oxygen atoms in total. The highest BCUT2D eigenvalue weighted by atomic mass is 16.2. The Balaban J connectivity index is 2.88. The minimum absolute atomic E-state index is 0.192. The molecule has 1 aliphatic heterocycles. The summed E-state index contributed by atoms with van der Waals surface area (Å²) in [6, 6.07) is 0. The Bertz CT molecular complexity index is 306. The number of amides is 1. The fourth-order valence-corrected chi connectivity index (χ4v) is 1.36. The van der Waals surface area contributed by atoms with Gasteiger partial charge in [-0.15, -0.1) is 0 Å². The van der Waals surface area contributed by atoms with Gasteiger partial charge in [0.05, 0.1) is 0 Å².